The Morgan fingerprint density at radius 1 is 1.27 bits per heavy atom. The third kappa shape index (κ3) is 3.38. The summed E-state index contributed by atoms with van der Waals surface area (Å²) in [5.41, 5.74) is 3.41. The van der Waals surface area contributed by atoms with Gasteiger partial charge in [0.1, 0.15) is 0 Å². The highest BCUT2D eigenvalue weighted by molar-refractivity contribution is 5.34. The van der Waals surface area contributed by atoms with Gasteiger partial charge in [-0.15, -0.1) is 0 Å². The molecule has 26 heavy (non-hydrogen) atoms. The lowest BCUT2D eigenvalue weighted by molar-refractivity contribution is 0.523. The fourth-order valence-electron chi connectivity index (χ4n) is 3.76. The number of nitrogens with one attached hydrogen (secondary N) is 2. The molecule has 2 N–H and O–H groups in total. The van der Waals surface area contributed by atoms with Crippen molar-refractivity contribution in [2.45, 2.75) is 50.1 Å². The van der Waals surface area contributed by atoms with Gasteiger partial charge in [0.2, 0.25) is 5.95 Å². The van der Waals surface area contributed by atoms with Crippen LogP contribution in [0, 0.1) is 5.95 Å². The summed E-state index contributed by atoms with van der Waals surface area (Å²) >= 11 is 0. The van der Waals surface area contributed by atoms with Gasteiger partial charge in [-0.3, -0.25) is 0 Å². The molecule has 4 rings (SSSR count). The molecule has 2 fully saturated rings. The molecule has 1 saturated carbocycles. The molecule has 1 aromatic heterocycles. The highest BCUT2D eigenvalue weighted by Crippen LogP contribution is 2.48. The zero-order chi connectivity index (χ0) is 18.1. The maximum atomic E-state index is 14.7. The van der Waals surface area contributed by atoms with Crippen molar-refractivity contribution in [2.75, 3.05) is 6.54 Å². The van der Waals surface area contributed by atoms with Crippen molar-refractivity contribution in [1.29, 1.82) is 0 Å². The van der Waals surface area contributed by atoms with Gasteiger partial charge in [-0.1, -0.05) is 49.9 Å². The van der Waals surface area contributed by atoms with Gasteiger partial charge in [0, 0.05) is 17.3 Å². The predicted octanol–water partition coefficient (Wildman–Crippen LogP) is 4.22. The topological polar surface area (TPSA) is 37.0 Å². The van der Waals surface area contributed by atoms with Crippen LogP contribution in [0.3, 0.4) is 0 Å². The molecule has 2 aromatic rings. The Morgan fingerprint density at radius 3 is 2.65 bits per heavy atom. The molecule has 0 amide bonds. The van der Waals surface area contributed by atoms with E-state index in [1.165, 1.54) is 0 Å². The van der Waals surface area contributed by atoms with E-state index >= 15 is 0 Å². The molecule has 1 aromatic carbocycles. The van der Waals surface area contributed by atoms with Crippen LogP contribution < -0.4 is 10.6 Å². The lowest BCUT2D eigenvalue weighted by Crippen LogP contribution is -2.34. The van der Waals surface area contributed by atoms with Crippen molar-refractivity contribution in [1.82, 2.24) is 15.6 Å². The average molecular weight is 351 g/mol. The Balaban J connectivity index is 1.64. The summed E-state index contributed by atoms with van der Waals surface area (Å²) in [6.07, 6.45) is 4.30. The summed E-state index contributed by atoms with van der Waals surface area (Å²) < 4.78 is 14.7. The van der Waals surface area contributed by atoms with E-state index in [4.69, 9.17) is 0 Å². The summed E-state index contributed by atoms with van der Waals surface area (Å²) in [5.74, 6) is -0.338. The van der Waals surface area contributed by atoms with Crippen molar-refractivity contribution in [3.63, 3.8) is 0 Å². The normalized spacial score (nSPS) is 22.0. The average Bonchev–Trinajstić information content (AvgIpc) is 3.17. The van der Waals surface area contributed by atoms with Crippen LogP contribution in [0.25, 0.3) is 0 Å². The van der Waals surface area contributed by atoms with Gasteiger partial charge >= 0.3 is 0 Å². The SMILES string of the molecule is C=C(NC(c1ccccc1)c1ccc(C2(C)CC2)c(F)n1)C1CCCN1. The molecule has 0 bridgehead atoms. The summed E-state index contributed by atoms with van der Waals surface area (Å²) in [7, 11) is 0. The standard InChI is InChI=1S/C22H26FN3/c1-15(18-9-6-14-24-18)25-20(16-7-4-3-5-8-16)19-11-10-17(21(23)26-19)22(2)12-13-22/h3-5,7-8,10-11,18,20,24-25H,1,6,9,12-14H2,2H3. The van der Waals surface area contributed by atoms with Crippen LogP contribution in [-0.2, 0) is 5.41 Å². The monoisotopic (exact) mass is 351 g/mol. The van der Waals surface area contributed by atoms with Gasteiger partial charge in [0.15, 0.2) is 0 Å². The molecule has 2 unspecified atom stereocenters. The van der Waals surface area contributed by atoms with Gasteiger partial charge < -0.3 is 10.6 Å². The van der Waals surface area contributed by atoms with E-state index in [2.05, 4.69) is 29.1 Å². The highest BCUT2D eigenvalue weighted by Gasteiger charge is 2.41. The summed E-state index contributed by atoms with van der Waals surface area (Å²) in [6.45, 7) is 7.34. The van der Waals surface area contributed by atoms with Gasteiger partial charge in [-0.05, 0) is 49.3 Å². The Morgan fingerprint density at radius 2 is 2.04 bits per heavy atom. The van der Waals surface area contributed by atoms with Crippen LogP contribution in [0.5, 0.6) is 0 Å². The third-order valence-electron chi connectivity index (χ3n) is 5.76. The van der Waals surface area contributed by atoms with Crippen LogP contribution in [0.4, 0.5) is 4.39 Å². The molecule has 3 nitrogen and oxygen atoms in total. The third-order valence-corrected chi connectivity index (χ3v) is 5.76. The zero-order valence-corrected chi connectivity index (χ0v) is 15.3. The van der Waals surface area contributed by atoms with E-state index in [0.29, 0.717) is 5.69 Å². The molecule has 2 aliphatic rings. The van der Waals surface area contributed by atoms with E-state index < -0.39 is 0 Å². The molecule has 2 heterocycles. The maximum absolute atomic E-state index is 14.7. The molecule has 1 saturated heterocycles. The molecule has 0 spiro atoms. The van der Waals surface area contributed by atoms with E-state index in [1.54, 1.807) is 0 Å². The Hall–Kier alpha value is -2.20. The van der Waals surface area contributed by atoms with Crippen molar-refractivity contribution in [3.8, 4) is 0 Å². The summed E-state index contributed by atoms with van der Waals surface area (Å²) in [6, 6.07) is 14.0. The molecule has 1 aliphatic carbocycles. The first-order chi connectivity index (χ1) is 12.6. The fourth-order valence-corrected chi connectivity index (χ4v) is 3.76. The number of halogens is 1. The van der Waals surface area contributed by atoms with Crippen molar-refractivity contribution >= 4 is 0 Å². The van der Waals surface area contributed by atoms with Crippen molar-refractivity contribution < 1.29 is 4.39 Å². The molecule has 0 radical (unpaired) electrons. The minimum absolute atomic E-state index is 0.0251. The van der Waals surface area contributed by atoms with Crippen LogP contribution in [0.1, 0.15) is 55.5 Å². The summed E-state index contributed by atoms with van der Waals surface area (Å²) in [5, 5.41) is 6.96. The first-order valence-electron chi connectivity index (χ1n) is 9.47. The zero-order valence-electron chi connectivity index (χ0n) is 15.3. The molecular formula is C22H26FN3. The van der Waals surface area contributed by atoms with Gasteiger partial charge in [0.05, 0.1) is 11.7 Å². The number of rotatable bonds is 6. The van der Waals surface area contributed by atoms with E-state index in [0.717, 1.165) is 49.1 Å². The summed E-state index contributed by atoms with van der Waals surface area (Å²) in [4.78, 5) is 4.35. The van der Waals surface area contributed by atoms with E-state index in [1.807, 2.05) is 42.5 Å². The molecule has 2 atom stereocenters. The second-order valence-electron chi connectivity index (χ2n) is 7.80. The lowest BCUT2D eigenvalue weighted by atomic mass is 9.97. The second kappa shape index (κ2) is 6.84. The molecular weight excluding hydrogens is 325 g/mol. The van der Waals surface area contributed by atoms with Crippen LogP contribution in [-0.4, -0.2) is 17.6 Å². The predicted molar refractivity (Wildman–Crippen MR) is 102 cm³/mol. The number of benzene rings is 1. The maximum Gasteiger partial charge on any atom is 0.216 e. The van der Waals surface area contributed by atoms with Crippen LogP contribution >= 0.6 is 0 Å². The number of nitrogens with zero attached hydrogens (tertiary/aromatic N) is 1. The minimum Gasteiger partial charge on any atom is -0.375 e. The molecule has 136 valence electrons. The first-order valence-corrected chi connectivity index (χ1v) is 9.47. The lowest BCUT2D eigenvalue weighted by Gasteiger charge is -2.25. The van der Waals surface area contributed by atoms with E-state index in [-0.39, 0.29) is 23.4 Å². The quantitative estimate of drug-likeness (QED) is 0.765. The number of pyridine rings is 1. The van der Waals surface area contributed by atoms with E-state index in [9.17, 15) is 4.39 Å². The minimum atomic E-state index is -0.338. The second-order valence-corrected chi connectivity index (χ2v) is 7.80. The van der Waals surface area contributed by atoms with Gasteiger partial charge in [-0.2, -0.15) is 4.39 Å². The first kappa shape index (κ1) is 17.2. The van der Waals surface area contributed by atoms with Gasteiger partial charge in [-0.25, -0.2) is 4.98 Å². The Kier molecular flexibility index (Phi) is 4.53. The van der Waals surface area contributed by atoms with Gasteiger partial charge in [0.25, 0.3) is 0 Å². The largest absolute Gasteiger partial charge is 0.375 e. The highest BCUT2D eigenvalue weighted by atomic mass is 19.1. The van der Waals surface area contributed by atoms with Crippen molar-refractivity contribution in [3.05, 3.63) is 77.5 Å². The Labute approximate surface area is 154 Å². The fraction of sp³-hybridized carbons (Fsp3) is 0.409. The van der Waals surface area contributed by atoms with Crippen molar-refractivity contribution in [2.24, 2.45) is 0 Å². The molecule has 1 aliphatic heterocycles. The number of aromatic nitrogens is 1. The molecule has 4 heteroatoms. The van der Waals surface area contributed by atoms with Crippen LogP contribution in [0.15, 0.2) is 54.7 Å². The number of hydrogen-bond donors (Lipinski definition) is 2. The van der Waals surface area contributed by atoms with Crippen LogP contribution in [0.2, 0.25) is 0 Å². The smallest absolute Gasteiger partial charge is 0.216 e. The number of hydrogen-bond acceptors (Lipinski definition) is 3. The Bertz CT molecular complexity index is 792.